The Bertz CT molecular complexity index is 791. The number of fused-ring (bicyclic) bond motifs is 1. The summed E-state index contributed by atoms with van der Waals surface area (Å²) >= 11 is 0. The summed E-state index contributed by atoms with van der Waals surface area (Å²) in [5.41, 5.74) is 6.93. The standard InChI is InChI=1S/C17H22N2O7/c18-10(17(24)25)5-8-6-19(11-4-2-1-3-9(8)11)16-15(23)14(22)13(21)12(7-20)26-16/h1-4,6,10,12-16,20-23H,5,7,18H2,(H,24,25)/t10-,12+,13-,14-,15-,16+/m0/s1. The summed E-state index contributed by atoms with van der Waals surface area (Å²) < 4.78 is 7.15. The summed E-state index contributed by atoms with van der Waals surface area (Å²) in [7, 11) is 0. The number of ether oxygens (including phenoxy) is 1. The number of aliphatic carboxylic acids is 1. The van der Waals surface area contributed by atoms with Crippen molar-refractivity contribution in [3.8, 4) is 0 Å². The Balaban J connectivity index is 2.03. The number of carbonyl (C=O) groups is 1. The molecule has 1 aliphatic rings. The van der Waals surface area contributed by atoms with Gasteiger partial charge in [-0.3, -0.25) is 4.79 Å². The lowest BCUT2D eigenvalue weighted by Crippen LogP contribution is -2.56. The number of aliphatic hydroxyl groups excluding tert-OH is 4. The lowest BCUT2D eigenvalue weighted by Gasteiger charge is -2.40. The molecule has 1 saturated heterocycles. The van der Waals surface area contributed by atoms with Crippen LogP contribution in [0, 0.1) is 0 Å². The largest absolute Gasteiger partial charge is 0.480 e. The predicted molar refractivity (Wildman–Crippen MR) is 90.3 cm³/mol. The molecule has 0 unspecified atom stereocenters. The zero-order valence-electron chi connectivity index (χ0n) is 13.8. The van der Waals surface area contributed by atoms with E-state index in [1.165, 1.54) is 0 Å². The van der Waals surface area contributed by atoms with Gasteiger partial charge in [0, 0.05) is 18.0 Å². The van der Waals surface area contributed by atoms with Crippen LogP contribution in [0.3, 0.4) is 0 Å². The number of nitrogens with zero attached hydrogens (tertiary/aromatic N) is 1. The maximum atomic E-state index is 11.1. The highest BCUT2D eigenvalue weighted by molar-refractivity contribution is 5.85. The monoisotopic (exact) mass is 366 g/mol. The number of aliphatic hydroxyl groups is 4. The normalized spacial score (nSPS) is 30.4. The molecule has 1 aromatic carbocycles. The average Bonchev–Trinajstić information content (AvgIpc) is 2.98. The van der Waals surface area contributed by atoms with Crippen LogP contribution in [0.1, 0.15) is 11.8 Å². The van der Waals surface area contributed by atoms with Gasteiger partial charge in [0.2, 0.25) is 0 Å². The minimum atomic E-state index is -1.50. The van der Waals surface area contributed by atoms with Crippen molar-refractivity contribution < 1.29 is 35.1 Å². The lowest BCUT2D eigenvalue weighted by molar-refractivity contribution is -0.250. The first kappa shape index (κ1) is 18.8. The SMILES string of the molecule is N[C@@H](Cc1cn([C@@H]2O[C@H](CO)[C@H](O)[C@H](O)[C@@H]2O)c2ccccc12)C(=O)O. The maximum Gasteiger partial charge on any atom is 0.320 e. The second-order valence-electron chi connectivity index (χ2n) is 6.45. The van der Waals surface area contributed by atoms with Gasteiger partial charge in [-0.2, -0.15) is 0 Å². The van der Waals surface area contributed by atoms with Crippen molar-refractivity contribution in [1.29, 1.82) is 0 Å². The molecule has 2 aromatic rings. The fourth-order valence-electron chi connectivity index (χ4n) is 3.29. The summed E-state index contributed by atoms with van der Waals surface area (Å²) in [6, 6.07) is 6.01. The number of nitrogens with two attached hydrogens (primary N) is 1. The molecule has 0 saturated carbocycles. The topological polar surface area (TPSA) is 158 Å². The van der Waals surface area contributed by atoms with E-state index >= 15 is 0 Å². The molecule has 1 fully saturated rings. The highest BCUT2D eigenvalue weighted by atomic mass is 16.6. The van der Waals surface area contributed by atoms with E-state index in [1.807, 2.05) is 0 Å². The Hall–Kier alpha value is -2.01. The fourth-order valence-corrected chi connectivity index (χ4v) is 3.29. The van der Waals surface area contributed by atoms with E-state index in [0.717, 1.165) is 5.39 Å². The van der Waals surface area contributed by atoms with E-state index in [0.29, 0.717) is 11.1 Å². The quantitative estimate of drug-likeness (QED) is 0.376. The zero-order valence-corrected chi connectivity index (χ0v) is 13.8. The molecule has 3 rings (SSSR count). The van der Waals surface area contributed by atoms with Gasteiger partial charge >= 0.3 is 5.97 Å². The van der Waals surface area contributed by atoms with Gasteiger partial charge in [0.05, 0.1) is 12.1 Å². The van der Waals surface area contributed by atoms with Crippen LogP contribution in [0.15, 0.2) is 30.5 Å². The van der Waals surface area contributed by atoms with E-state index in [2.05, 4.69) is 0 Å². The molecule has 142 valence electrons. The summed E-state index contributed by atoms with van der Waals surface area (Å²) in [6.07, 6.45) is -4.82. The van der Waals surface area contributed by atoms with Crippen LogP contribution < -0.4 is 5.73 Å². The Labute approximate surface area is 148 Å². The van der Waals surface area contributed by atoms with Crippen molar-refractivity contribution in [1.82, 2.24) is 4.57 Å². The zero-order chi connectivity index (χ0) is 19.0. The number of carboxylic acids is 1. The van der Waals surface area contributed by atoms with Crippen LogP contribution in [-0.4, -0.2) is 73.1 Å². The number of rotatable bonds is 5. The van der Waals surface area contributed by atoms with E-state index in [4.69, 9.17) is 15.6 Å². The molecule has 0 radical (unpaired) electrons. The minimum Gasteiger partial charge on any atom is -0.480 e. The Morgan fingerprint density at radius 2 is 1.88 bits per heavy atom. The third-order valence-electron chi connectivity index (χ3n) is 4.72. The number of aromatic nitrogens is 1. The summed E-state index contributed by atoms with van der Waals surface area (Å²) in [5.74, 6) is -1.13. The molecule has 7 N–H and O–H groups in total. The van der Waals surface area contributed by atoms with Gasteiger partial charge in [-0.1, -0.05) is 18.2 Å². The van der Waals surface area contributed by atoms with E-state index in [1.54, 1.807) is 35.0 Å². The molecule has 1 aliphatic heterocycles. The van der Waals surface area contributed by atoms with Crippen molar-refractivity contribution >= 4 is 16.9 Å². The number of carboxylic acid groups (broad SMARTS) is 1. The Morgan fingerprint density at radius 1 is 1.19 bits per heavy atom. The lowest BCUT2D eigenvalue weighted by atomic mass is 9.98. The number of hydrogen-bond donors (Lipinski definition) is 6. The van der Waals surface area contributed by atoms with E-state index in [-0.39, 0.29) is 6.42 Å². The third-order valence-corrected chi connectivity index (χ3v) is 4.72. The van der Waals surface area contributed by atoms with E-state index < -0.39 is 49.3 Å². The van der Waals surface area contributed by atoms with Crippen molar-refractivity contribution in [2.24, 2.45) is 5.73 Å². The summed E-state index contributed by atoms with van der Waals surface area (Å²) in [5, 5.41) is 49.5. The first-order chi connectivity index (χ1) is 12.3. The van der Waals surface area contributed by atoms with Crippen LogP contribution in [0.25, 0.3) is 10.9 Å². The molecule has 0 aliphatic carbocycles. The highest BCUT2D eigenvalue weighted by Crippen LogP contribution is 2.33. The maximum absolute atomic E-state index is 11.1. The molecule has 1 aromatic heterocycles. The van der Waals surface area contributed by atoms with Crippen LogP contribution in [0.5, 0.6) is 0 Å². The molecule has 2 heterocycles. The third kappa shape index (κ3) is 3.20. The number of benzene rings is 1. The molecule has 0 bridgehead atoms. The van der Waals surface area contributed by atoms with Gasteiger partial charge in [0.25, 0.3) is 0 Å². The van der Waals surface area contributed by atoms with Gasteiger partial charge in [0.1, 0.15) is 30.5 Å². The summed E-state index contributed by atoms with van der Waals surface area (Å²) in [6.45, 7) is -0.530. The predicted octanol–water partition coefficient (Wildman–Crippen LogP) is -1.43. The van der Waals surface area contributed by atoms with Crippen molar-refractivity contribution in [3.05, 3.63) is 36.0 Å². The molecule has 9 nitrogen and oxygen atoms in total. The van der Waals surface area contributed by atoms with Gasteiger partial charge in [-0.25, -0.2) is 0 Å². The van der Waals surface area contributed by atoms with Crippen molar-refractivity contribution in [2.45, 2.75) is 43.1 Å². The molecule has 9 heteroatoms. The van der Waals surface area contributed by atoms with Crippen LogP contribution in [-0.2, 0) is 16.0 Å². The summed E-state index contributed by atoms with van der Waals surface area (Å²) in [4.78, 5) is 11.1. The molecule has 0 amide bonds. The molecule has 26 heavy (non-hydrogen) atoms. The van der Waals surface area contributed by atoms with E-state index in [9.17, 15) is 25.2 Å². The number of hydrogen-bond acceptors (Lipinski definition) is 7. The molecular weight excluding hydrogens is 344 g/mol. The van der Waals surface area contributed by atoms with Gasteiger partial charge in [0.15, 0.2) is 6.23 Å². The molecular formula is C17H22N2O7. The van der Waals surface area contributed by atoms with Crippen LogP contribution in [0.2, 0.25) is 0 Å². The van der Waals surface area contributed by atoms with Gasteiger partial charge in [-0.05, 0) is 11.6 Å². The second-order valence-corrected chi connectivity index (χ2v) is 6.45. The first-order valence-electron chi connectivity index (χ1n) is 8.22. The fraction of sp³-hybridized carbons (Fsp3) is 0.471. The highest BCUT2D eigenvalue weighted by Gasteiger charge is 2.44. The molecule has 6 atom stereocenters. The van der Waals surface area contributed by atoms with Crippen LogP contribution in [0.4, 0.5) is 0 Å². The molecule has 0 spiro atoms. The number of para-hydroxylation sites is 1. The van der Waals surface area contributed by atoms with Gasteiger partial charge in [-0.15, -0.1) is 0 Å². The first-order valence-corrected chi connectivity index (χ1v) is 8.22. The van der Waals surface area contributed by atoms with Crippen molar-refractivity contribution in [2.75, 3.05) is 6.61 Å². The van der Waals surface area contributed by atoms with Crippen molar-refractivity contribution in [3.63, 3.8) is 0 Å². The Morgan fingerprint density at radius 3 is 2.54 bits per heavy atom. The second kappa shape index (κ2) is 7.31. The van der Waals surface area contributed by atoms with Gasteiger partial charge < -0.3 is 40.6 Å². The van der Waals surface area contributed by atoms with Crippen LogP contribution >= 0.6 is 0 Å². The minimum absolute atomic E-state index is 0.0697. The smallest absolute Gasteiger partial charge is 0.320 e. The Kier molecular flexibility index (Phi) is 5.28. The average molecular weight is 366 g/mol.